The van der Waals surface area contributed by atoms with Crippen molar-refractivity contribution in [2.45, 2.75) is 85.9 Å². The Morgan fingerprint density at radius 2 is 1.79 bits per heavy atom. The molecular weight excluding hydrogens is 488 g/mol. The quantitative estimate of drug-likeness (QED) is 0.310. The average molecular weight is 531 g/mol. The minimum Gasteiger partial charge on any atom is -0.466 e. The lowest BCUT2D eigenvalue weighted by Gasteiger charge is -2.34. The fourth-order valence-corrected chi connectivity index (χ4v) is 3.85. The molecule has 1 aromatic carbocycles. The van der Waals surface area contributed by atoms with Gasteiger partial charge in [-0.3, -0.25) is 14.4 Å². The van der Waals surface area contributed by atoms with Gasteiger partial charge in [0.05, 0.1) is 19.1 Å². The van der Waals surface area contributed by atoms with Gasteiger partial charge in [0.1, 0.15) is 24.2 Å². The maximum atomic E-state index is 13.9. The third kappa shape index (κ3) is 10.4. The Morgan fingerprint density at radius 1 is 1.13 bits per heavy atom. The summed E-state index contributed by atoms with van der Waals surface area (Å²) in [5.41, 5.74) is 1.46. The highest BCUT2D eigenvalue weighted by Gasteiger charge is 2.37. The summed E-state index contributed by atoms with van der Waals surface area (Å²) in [6.07, 6.45) is -0.540. The SMILES string of the molecule is CCOC(=O)CCNC(=O)C(c1cccc(C)c1C)N(CC#N)C(=O)C(CC(C)C)NC(=O)OC(C)(C)C. The van der Waals surface area contributed by atoms with E-state index in [1.807, 2.05) is 39.8 Å². The smallest absolute Gasteiger partial charge is 0.408 e. The van der Waals surface area contributed by atoms with Crippen LogP contribution in [-0.2, 0) is 23.9 Å². The molecule has 210 valence electrons. The fourth-order valence-electron chi connectivity index (χ4n) is 3.85. The van der Waals surface area contributed by atoms with Crippen LogP contribution < -0.4 is 10.6 Å². The third-order valence-corrected chi connectivity index (χ3v) is 5.66. The van der Waals surface area contributed by atoms with Gasteiger partial charge in [0.25, 0.3) is 0 Å². The second kappa shape index (κ2) is 15.0. The van der Waals surface area contributed by atoms with E-state index in [4.69, 9.17) is 9.47 Å². The van der Waals surface area contributed by atoms with E-state index < -0.39 is 48.1 Å². The summed E-state index contributed by atoms with van der Waals surface area (Å²) < 4.78 is 10.3. The van der Waals surface area contributed by atoms with Crippen molar-refractivity contribution in [1.29, 1.82) is 5.26 Å². The van der Waals surface area contributed by atoms with Gasteiger partial charge in [0, 0.05) is 6.54 Å². The summed E-state index contributed by atoms with van der Waals surface area (Å²) in [6, 6.07) is 5.18. The molecule has 0 bridgehead atoms. The van der Waals surface area contributed by atoms with E-state index in [0.29, 0.717) is 5.56 Å². The molecule has 0 aliphatic rings. The molecule has 38 heavy (non-hydrogen) atoms. The first-order valence-corrected chi connectivity index (χ1v) is 12.9. The highest BCUT2D eigenvalue weighted by Crippen LogP contribution is 2.28. The Morgan fingerprint density at radius 3 is 2.34 bits per heavy atom. The van der Waals surface area contributed by atoms with Gasteiger partial charge in [-0.1, -0.05) is 32.0 Å². The van der Waals surface area contributed by atoms with E-state index in [1.54, 1.807) is 39.8 Å². The zero-order valence-corrected chi connectivity index (χ0v) is 23.8. The van der Waals surface area contributed by atoms with Gasteiger partial charge in [0.2, 0.25) is 11.8 Å². The first kappa shape index (κ1) is 32.4. The number of esters is 1. The zero-order valence-electron chi connectivity index (χ0n) is 23.8. The van der Waals surface area contributed by atoms with E-state index in [0.717, 1.165) is 11.1 Å². The molecule has 0 heterocycles. The molecule has 10 heteroatoms. The standard InChI is InChI=1S/C28H42N4O6/c1-9-37-23(33)13-15-30-25(34)24(21-12-10-11-19(4)20(21)5)32(16-14-29)26(35)22(17-18(2)3)31-27(36)38-28(6,7)8/h10-12,18,22,24H,9,13,15-17H2,1-8H3,(H,30,34)(H,31,36). The van der Waals surface area contributed by atoms with Crippen LogP contribution in [-0.4, -0.2) is 60.1 Å². The first-order valence-electron chi connectivity index (χ1n) is 12.9. The lowest BCUT2D eigenvalue weighted by Crippen LogP contribution is -2.53. The molecule has 0 radical (unpaired) electrons. The van der Waals surface area contributed by atoms with Gasteiger partial charge >= 0.3 is 12.1 Å². The number of hydrogen-bond acceptors (Lipinski definition) is 7. The lowest BCUT2D eigenvalue weighted by atomic mass is 9.94. The number of amides is 3. The monoisotopic (exact) mass is 530 g/mol. The van der Waals surface area contributed by atoms with Crippen LogP contribution >= 0.6 is 0 Å². The van der Waals surface area contributed by atoms with Crippen molar-refractivity contribution >= 4 is 23.9 Å². The summed E-state index contributed by atoms with van der Waals surface area (Å²) in [5.74, 6) is -1.58. The lowest BCUT2D eigenvalue weighted by molar-refractivity contribution is -0.144. The maximum Gasteiger partial charge on any atom is 0.408 e. The molecule has 2 atom stereocenters. The van der Waals surface area contributed by atoms with Crippen LogP contribution in [0.3, 0.4) is 0 Å². The normalized spacial score (nSPS) is 12.6. The van der Waals surface area contributed by atoms with E-state index in [2.05, 4.69) is 10.6 Å². The summed E-state index contributed by atoms with van der Waals surface area (Å²) >= 11 is 0. The van der Waals surface area contributed by atoms with E-state index >= 15 is 0 Å². The molecule has 2 N–H and O–H groups in total. The number of carbonyl (C=O) groups excluding carboxylic acids is 4. The first-order chi connectivity index (χ1) is 17.7. The maximum absolute atomic E-state index is 13.9. The number of benzene rings is 1. The summed E-state index contributed by atoms with van der Waals surface area (Å²) in [7, 11) is 0. The third-order valence-electron chi connectivity index (χ3n) is 5.66. The number of hydrogen-bond donors (Lipinski definition) is 2. The van der Waals surface area contributed by atoms with Crippen LogP contribution in [0.4, 0.5) is 4.79 Å². The molecule has 1 aromatic rings. The molecule has 0 saturated carbocycles. The van der Waals surface area contributed by atoms with Crippen LogP contribution in [0.15, 0.2) is 18.2 Å². The van der Waals surface area contributed by atoms with Crippen molar-refractivity contribution < 1.29 is 28.7 Å². The van der Waals surface area contributed by atoms with Crippen molar-refractivity contribution in [3.05, 3.63) is 34.9 Å². The Bertz CT molecular complexity index is 1030. The Labute approximate surface area is 226 Å². The molecule has 0 aliphatic heterocycles. The highest BCUT2D eigenvalue weighted by atomic mass is 16.6. The number of nitriles is 1. The van der Waals surface area contributed by atoms with Gasteiger partial charge in [-0.2, -0.15) is 5.26 Å². The molecular formula is C28H42N4O6. The van der Waals surface area contributed by atoms with Gasteiger partial charge in [0.15, 0.2) is 0 Å². The van der Waals surface area contributed by atoms with Crippen molar-refractivity contribution in [1.82, 2.24) is 15.5 Å². The minimum atomic E-state index is -1.17. The molecule has 10 nitrogen and oxygen atoms in total. The van der Waals surface area contributed by atoms with Crippen molar-refractivity contribution in [3.63, 3.8) is 0 Å². The predicted molar refractivity (Wildman–Crippen MR) is 143 cm³/mol. The molecule has 3 amide bonds. The molecule has 0 saturated heterocycles. The molecule has 0 fully saturated rings. The second-order valence-corrected chi connectivity index (χ2v) is 10.5. The van der Waals surface area contributed by atoms with Gasteiger partial charge < -0.3 is 25.0 Å². The Kier molecular flexibility index (Phi) is 12.8. The largest absolute Gasteiger partial charge is 0.466 e. The van der Waals surface area contributed by atoms with Gasteiger partial charge in [-0.05, 0) is 70.6 Å². The number of nitrogens with zero attached hydrogens (tertiary/aromatic N) is 2. The van der Waals surface area contributed by atoms with E-state index in [1.165, 1.54) is 4.90 Å². The number of ether oxygens (including phenoxy) is 2. The van der Waals surface area contributed by atoms with E-state index in [9.17, 15) is 24.4 Å². The van der Waals surface area contributed by atoms with Crippen molar-refractivity contribution in [3.8, 4) is 6.07 Å². The summed E-state index contributed by atoms with van der Waals surface area (Å²) in [5, 5.41) is 15.0. The zero-order chi connectivity index (χ0) is 29.0. The van der Waals surface area contributed by atoms with Crippen molar-refractivity contribution in [2.75, 3.05) is 19.7 Å². The van der Waals surface area contributed by atoms with Crippen LogP contribution in [0, 0.1) is 31.1 Å². The van der Waals surface area contributed by atoms with Crippen LogP contribution in [0.2, 0.25) is 0 Å². The predicted octanol–water partition coefficient (Wildman–Crippen LogP) is 3.71. The van der Waals surface area contributed by atoms with Gasteiger partial charge in [-0.15, -0.1) is 0 Å². The highest BCUT2D eigenvalue weighted by molar-refractivity contribution is 5.92. The Balaban J connectivity index is 3.45. The topological polar surface area (TPSA) is 138 Å². The molecule has 0 aromatic heterocycles. The summed E-state index contributed by atoms with van der Waals surface area (Å²) in [6.45, 7) is 14.2. The molecule has 0 aliphatic carbocycles. The molecule has 0 spiro atoms. The van der Waals surface area contributed by atoms with E-state index in [-0.39, 0.29) is 31.9 Å². The number of alkyl carbamates (subject to hydrolysis) is 1. The number of aryl methyl sites for hydroxylation is 1. The number of carbonyl (C=O) groups is 4. The fraction of sp³-hybridized carbons (Fsp3) is 0.607. The van der Waals surface area contributed by atoms with Crippen molar-refractivity contribution in [2.24, 2.45) is 5.92 Å². The Hall–Kier alpha value is -3.61. The molecule has 1 rings (SSSR count). The van der Waals surface area contributed by atoms with Crippen LogP contribution in [0.5, 0.6) is 0 Å². The second-order valence-electron chi connectivity index (χ2n) is 10.5. The average Bonchev–Trinajstić information content (AvgIpc) is 2.79. The van der Waals surface area contributed by atoms with Gasteiger partial charge in [-0.25, -0.2) is 4.79 Å². The van der Waals surface area contributed by atoms with Crippen LogP contribution in [0.25, 0.3) is 0 Å². The number of nitrogens with one attached hydrogen (secondary N) is 2. The molecule has 2 unspecified atom stereocenters. The number of rotatable bonds is 12. The van der Waals surface area contributed by atoms with Crippen LogP contribution in [0.1, 0.15) is 77.1 Å². The summed E-state index contributed by atoms with van der Waals surface area (Å²) in [4.78, 5) is 53.0. The minimum absolute atomic E-state index is 0.000798.